The Bertz CT molecular complexity index is 635. The molecule has 0 fully saturated rings. The van der Waals surface area contributed by atoms with E-state index in [2.05, 4.69) is 30.0 Å². The van der Waals surface area contributed by atoms with E-state index in [1.54, 1.807) is 31.2 Å². The normalized spacial score (nSPS) is 13.9. The summed E-state index contributed by atoms with van der Waals surface area (Å²) >= 11 is 0. The zero-order valence-electron chi connectivity index (χ0n) is 12.6. The van der Waals surface area contributed by atoms with Gasteiger partial charge in [-0.3, -0.25) is 0 Å². The first-order valence-corrected chi connectivity index (χ1v) is 7.02. The summed E-state index contributed by atoms with van der Waals surface area (Å²) in [6, 6.07) is 9.05. The fourth-order valence-corrected chi connectivity index (χ4v) is 2.24. The van der Waals surface area contributed by atoms with Crippen LogP contribution in [0.1, 0.15) is 37.7 Å². The first-order valence-electron chi connectivity index (χ1n) is 7.02. The van der Waals surface area contributed by atoms with Crippen LogP contribution < -0.4 is 0 Å². The molecule has 1 atom stereocenters. The van der Waals surface area contributed by atoms with Crippen molar-refractivity contribution < 1.29 is 5.11 Å². The van der Waals surface area contributed by atoms with E-state index < -0.39 is 5.60 Å². The van der Waals surface area contributed by atoms with Crippen molar-refractivity contribution in [2.45, 2.75) is 39.3 Å². The van der Waals surface area contributed by atoms with E-state index in [9.17, 15) is 5.11 Å². The molecule has 5 nitrogen and oxygen atoms in total. The molecule has 0 radical (unpaired) electrons. The van der Waals surface area contributed by atoms with Crippen LogP contribution >= 0.6 is 0 Å². The second-order valence-electron chi connectivity index (χ2n) is 5.89. The lowest BCUT2D eigenvalue weighted by atomic mass is 9.91. The van der Waals surface area contributed by atoms with Crippen molar-refractivity contribution in [2.75, 3.05) is 0 Å². The maximum absolute atomic E-state index is 10.7. The summed E-state index contributed by atoms with van der Waals surface area (Å²) in [6.07, 6.45) is 1.90. The molecule has 2 rings (SSSR count). The fraction of sp³-hybridized carbons (Fsp3) is 0.438. The largest absolute Gasteiger partial charge is 0.385 e. The van der Waals surface area contributed by atoms with Crippen LogP contribution in [0.2, 0.25) is 0 Å². The third kappa shape index (κ3) is 3.67. The Balaban J connectivity index is 2.20. The maximum atomic E-state index is 10.7. The van der Waals surface area contributed by atoms with Gasteiger partial charge in [-0.2, -0.15) is 10.4 Å². The maximum Gasteiger partial charge on any atom is 0.138 e. The monoisotopic (exact) mass is 284 g/mol. The Morgan fingerprint density at radius 2 is 2.00 bits per heavy atom. The van der Waals surface area contributed by atoms with E-state index in [1.165, 1.54) is 6.33 Å². The zero-order chi connectivity index (χ0) is 15.5. The molecule has 0 aliphatic carbocycles. The molecule has 2 aromatic rings. The van der Waals surface area contributed by atoms with Gasteiger partial charge in [-0.1, -0.05) is 26.0 Å². The standard InChI is InChI=1S/C16H20N4O/c1-12(2)10-20-15(18-11-19-20)8-16(3,21)14-6-4-13(9-17)5-7-14/h4-7,11-12,21H,8,10H2,1-3H3. The lowest BCUT2D eigenvalue weighted by molar-refractivity contribution is 0.0540. The predicted octanol–water partition coefficient (Wildman–Crippen LogP) is 2.26. The molecule has 0 aliphatic heterocycles. The molecule has 0 aliphatic rings. The lowest BCUT2D eigenvalue weighted by Gasteiger charge is -2.24. The molecule has 0 spiro atoms. The van der Waals surface area contributed by atoms with Crippen molar-refractivity contribution in [1.29, 1.82) is 5.26 Å². The summed E-state index contributed by atoms with van der Waals surface area (Å²) in [5.74, 6) is 1.23. The number of hydrogen-bond donors (Lipinski definition) is 1. The van der Waals surface area contributed by atoms with Gasteiger partial charge in [0.2, 0.25) is 0 Å². The van der Waals surface area contributed by atoms with Crippen LogP contribution in [0.3, 0.4) is 0 Å². The quantitative estimate of drug-likeness (QED) is 0.913. The zero-order valence-corrected chi connectivity index (χ0v) is 12.6. The summed E-state index contributed by atoms with van der Waals surface area (Å²) < 4.78 is 1.84. The van der Waals surface area contributed by atoms with E-state index in [0.29, 0.717) is 17.9 Å². The minimum atomic E-state index is -1.05. The number of rotatable bonds is 5. The Morgan fingerprint density at radius 3 is 2.57 bits per heavy atom. The van der Waals surface area contributed by atoms with Crippen LogP contribution in [0.25, 0.3) is 0 Å². The van der Waals surface area contributed by atoms with E-state index in [-0.39, 0.29) is 0 Å². The smallest absolute Gasteiger partial charge is 0.138 e. The van der Waals surface area contributed by atoms with E-state index in [4.69, 9.17) is 5.26 Å². The van der Waals surface area contributed by atoms with Crippen LogP contribution in [0, 0.1) is 17.2 Å². The molecule has 1 N–H and O–H groups in total. The highest BCUT2D eigenvalue weighted by atomic mass is 16.3. The lowest BCUT2D eigenvalue weighted by Crippen LogP contribution is -2.27. The summed E-state index contributed by atoms with van der Waals surface area (Å²) in [5.41, 5.74) is 0.300. The van der Waals surface area contributed by atoms with Crippen molar-refractivity contribution in [3.05, 3.63) is 47.5 Å². The molecule has 0 saturated heterocycles. The van der Waals surface area contributed by atoms with Gasteiger partial charge in [0.1, 0.15) is 12.2 Å². The third-order valence-electron chi connectivity index (χ3n) is 3.37. The summed E-state index contributed by atoms with van der Waals surface area (Å²) in [5, 5.41) is 23.8. The van der Waals surface area contributed by atoms with Crippen LogP contribution in [-0.2, 0) is 18.6 Å². The van der Waals surface area contributed by atoms with Crippen LogP contribution in [0.4, 0.5) is 0 Å². The van der Waals surface area contributed by atoms with Crippen molar-refractivity contribution in [3.63, 3.8) is 0 Å². The van der Waals surface area contributed by atoms with E-state index in [0.717, 1.165) is 17.9 Å². The molecule has 1 aromatic heterocycles. The molecule has 1 aromatic carbocycles. The molecule has 5 heteroatoms. The molecule has 0 bridgehead atoms. The highest BCUT2D eigenvalue weighted by Crippen LogP contribution is 2.25. The number of aromatic nitrogens is 3. The number of benzene rings is 1. The van der Waals surface area contributed by atoms with Gasteiger partial charge in [0.05, 0.1) is 17.2 Å². The second kappa shape index (κ2) is 6.06. The molecule has 0 saturated carbocycles. The Kier molecular flexibility index (Phi) is 4.39. The van der Waals surface area contributed by atoms with Gasteiger partial charge in [-0.05, 0) is 30.5 Å². The average molecular weight is 284 g/mol. The van der Waals surface area contributed by atoms with Crippen molar-refractivity contribution >= 4 is 0 Å². The minimum absolute atomic E-state index is 0.381. The van der Waals surface area contributed by atoms with Crippen molar-refractivity contribution in [1.82, 2.24) is 14.8 Å². The summed E-state index contributed by atoms with van der Waals surface area (Å²) in [4.78, 5) is 4.25. The van der Waals surface area contributed by atoms with Gasteiger partial charge < -0.3 is 5.11 Å². The second-order valence-corrected chi connectivity index (χ2v) is 5.89. The van der Waals surface area contributed by atoms with E-state index in [1.807, 2.05) is 4.68 Å². The summed E-state index contributed by atoms with van der Waals surface area (Å²) in [7, 11) is 0. The van der Waals surface area contributed by atoms with E-state index >= 15 is 0 Å². The SMILES string of the molecule is CC(C)Cn1ncnc1CC(C)(O)c1ccc(C#N)cc1. The molecular weight excluding hydrogens is 264 g/mol. The Morgan fingerprint density at radius 1 is 1.33 bits per heavy atom. The average Bonchev–Trinajstić information content (AvgIpc) is 2.84. The van der Waals surface area contributed by atoms with Gasteiger partial charge in [-0.25, -0.2) is 9.67 Å². The van der Waals surface area contributed by atoms with Gasteiger partial charge >= 0.3 is 0 Å². The predicted molar refractivity (Wildman–Crippen MR) is 79.3 cm³/mol. The molecular formula is C16H20N4O. The first kappa shape index (κ1) is 15.2. The molecule has 1 unspecified atom stereocenters. The summed E-state index contributed by atoms with van der Waals surface area (Å²) in [6.45, 7) is 6.76. The first-order chi connectivity index (χ1) is 9.92. The number of nitrogens with zero attached hydrogens (tertiary/aromatic N) is 4. The number of aliphatic hydroxyl groups is 1. The van der Waals surface area contributed by atoms with Gasteiger partial charge in [0, 0.05) is 13.0 Å². The Labute approximate surface area is 124 Å². The molecule has 21 heavy (non-hydrogen) atoms. The highest BCUT2D eigenvalue weighted by molar-refractivity contribution is 5.34. The van der Waals surface area contributed by atoms with Gasteiger partial charge in [0.25, 0.3) is 0 Å². The third-order valence-corrected chi connectivity index (χ3v) is 3.37. The number of nitriles is 1. The molecule has 1 heterocycles. The highest BCUT2D eigenvalue weighted by Gasteiger charge is 2.26. The topological polar surface area (TPSA) is 74.7 Å². The van der Waals surface area contributed by atoms with Crippen molar-refractivity contribution in [3.8, 4) is 6.07 Å². The fourth-order valence-electron chi connectivity index (χ4n) is 2.24. The number of hydrogen-bond acceptors (Lipinski definition) is 4. The minimum Gasteiger partial charge on any atom is -0.385 e. The van der Waals surface area contributed by atoms with Gasteiger partial charge in [-0.15, -0.1) is 0 Å². The Hall–Kier alpha value is -2.19. The van der Waals surface area contributed by atoms with Crippen molar-refractivity contribution in [2.24, 2.45) is 5.92 Å². The molecule has 0 amide bonds. The molecule has 110 valence electrons. The van der Waals surface area contributed by atoms with Crippen LogP contribution in [0.15, 0.2) is 30.6 Å². The van der Waals surface area contributed by atoms with Crippen LogP contribution in [-0.4, -0.2) is 19.9 Å². The van der Waals surface area contributed by atoms with Crippen LogP contribution in [0.5, 0.6) is 0 Å². The van der Waals surface area contributed by atoms with Gasteiger partial charge in [0.15, 0.2) is 0 Å².